The Labute approximate surface area is 107 Å². The second kappa shape index (κ2) is 5.21. The largest absolute Gasteiger partial charge is 0.434 e. The quantitative estimate of drug-likeness (QED) is 0.610. The fourth-order valence-electron chi connectivity index (χ4n) is 1.19. The number of benzene rings is 1. The molecule has 1 aromatic carbocycles. The molecule has 18 heavy (non-hydrogen) atoms. The molecular weight excluding hydrogens is 327 g/mol. The third-order valence-corrected chi connectivity index (χ3v) is 2.79. The van der Waals surface area contributed by atoms with E-state index in [2.05, 4.69) is 20.7 Å². The van der Waals surface area contributed by atoms with E-state index in [1.165, 1.54) is 0 Å². The summed E-state index contributed by atoms with van der Waals surface area (Å²) < 4.78 is 65.3. The van der Waals surface area contributed by atoms with Gasteiger partial charge in [0.1, 0.15) is 5.75 Å². The first-order valence-corrected chi connectivity index (χ1v) is 5.28. The van der Waals surface area contributed by atoms with Crippen LogP contribution in [0.3, 0.4) is 0 Å². The summed E-state index contributed by atoms with van der Waals surface area (Å²) in [5, 5.41) is 0. The summed E-state index contributed by atoms with van der Waals surface area (Å²) in [7, 11) is 0. The van der Waals surface area contributed by atoms with E-state index in [-0.39, 0.29) is 5.56 Å². The topological polar surface area (TPSA) is 26.3 Å². The van der Waals surface area contributed by atoms with Crippen LogP contribution in [0, 0.1) is 0 Å². The normalized spacial score (nSPS) is 11.8. The molecule has 100 valence electrons. The van der Waals surface area contributed by atoms with E-state index in [0.29, 0.717) is 6.07 Å². The van der Waals surface area contributed by atoms with E-state index in [9.17, 15) is 26.7 Å². The van der Waals surface area contributed by atoms with Crippen molar-refractivity contribution in [2.45, 2.75) is 19.7 Å². The number of hydrogen-bond donors (Lipinski definition) is 0. The van der Waals surface area contributed by atoms with Crippen molar-refractivity contribution in [3.8, 4) is 5.75 Å². The highest BCUT2D eigenvalue weighted by Crippen LogP contribution is 2.41. The molecule has 0 heterocycles. The SMILES string of the molecule is CC(=O)c1cc(OC(F)F)c(Br)c(C(F)(F)F)c1. The number of rotatable bonds is 3. The van der Waals surface area contributed by atoms with E-state index in [0.717, 1.165) is 13.0 Å². The number of Topliss-reactive ketones (excluding diaryl/α,β-unsaturated/α-hetero) is 1. The van der Waals surface area contributed by atoms with E-state index in [1.54, 1.807) is 0 Å². The van der Waals surface area contributed by atoms with Crippen molar-refractivity contribution < 1.29 is 31.5 Å². The van der Waals surface area contributed by atoms with Crippen LogP contribution in [0.4, 0.5) is 22.0 Å². The molecule has 8 heteroatoms. The van der Waals surface area contributed by atoms with Gasteiger partial charge in [-0.1, -0.05) is 0 Å². The molecule has 0 aliphatic rings. The fraction of sp³-hybridized carbons (Fsp3) is 0.300. The van der Waals surface area contributed by atoms with Crippen molar-refractivity contribution in [2.24, 2.45) is 0 Å². The minimum atomic E-state index is -4.79. The third-order valence-electron chi connectivity index (χ3n) is 1.97. The summed E-state index contributed by atoms with van der Waals surface area (Å²) in [4.78, 5) is 11.0. The third kappa shape index (κ3) is 3.41. The minimum absolute atomic E-state index is 0.360. The van der Waals surface area contributed by atoms with Crippen molar-refractivity contribution in [1.82, 2.24) is 0 Å². The van der Waals surface area contributed by atoms with Crippen LogP contribution >= 0.6 is 15.9 Å². The summed E-state index contributed by atoms with van der Waals surface area (Å²) in [6, 6.07) is 1.40. The second-order valence-electron chi connectivity index (χ2n) is 3.27. The number of halogens is 6. The van der Waals surface area contributed by atoms with Crippen molar-refractivity contribution in [1.29, 1.82) is 0 Å². The van der Waals surface area contributed by atoms with Crippen LogP contribution in [0.5, 0.6) is 5.75 Å². The first kappa shape index (κ1) is 14.9. The Bertz CT molecular complexity index is 470. The van der Waals surface area contributed by atoms with E-state index >= 15 is 0 Å². The molecule has 0 atom stereocenters. The Kier molecular flexibility index (Phi) is 4.31. The Morgan fingerprint density at radius 2 is 1.89 bits per heavy atom. The number of ether oxygens (including phenoxy) is 1. The highest BCUT2D eigenvalue weighted by Gasteiger charge is 2.35. The van der Waals surface area contributed by atoms with Crippen molar-refractivity contribution in [2.75, 3.05) is 0 Å². The van der Waals surface area contributed by atoms with Crippen LogP contribution in [0.15, 0.2) is 16.6 Å². The number of alkyl halides is 5. The molecule has 0 N–H and O–H groups in total. The molecule has 1 aromatic rings. The van der Waals surface area contributed by atoms with Crippen LogP contribution in [-0.2, 0) is 6.18 Å². The zero-order valence-electron chi connectivity index (χ0n) is 8.82. The molecule has 0 unspecified atom stereocenters. The Balaban J connectivity index is 3.43. The molecule has 0 fully saturated rings. The molecule has 2 nitrogen and oxygen atoms in total. The molecule has 0 bridgehead atoms. The molecule has 0 saturated heterocycles. The summed E-state index contributed by atoms with van der Waals surface area (Å²) in [6.07, 6.45) is -4.79. The van der Waals surface area contributed by atoms with E-state index in [1.807, 2.05) is 0 Å². The van der Waals surface area contributed by atoms with Crippen molar-refractivity contribution in [3.05, 3.63) is 27.7 Å². The first-order chi connectivity index (χ1) is 8.12. The maximum absolute atomic E-state index is 12.6. The molecule has 0 aliphatic carbocycles. The van der Waals surface area contributed by atoms with Gasteiger partial charge in [-0.15, -0.1) is 0 Å². The minimum Gasteiger partial charge on any atom is -0.434 e. The molecule has 0 aromatic heterocycles. The van der Waals surface area contributed by atoms with Gasteiger partial charge in [-0.25, -0.2) is 0 Å². The van der Waals surface area contributed by atoms with Gasteiger partial charge in [0.05, 0.1) is 10.0 Å². The maximum atomic E-state index is 12.6. The van der Waals surface area contributed by atoms with Gasteiger partial charge >= 0.3 is 12.8 Å². The van der Waals surface area contributed by atoms with Crippen LogP contribution in [0.2, 0.25) is 0 Å². The molecule has 0 aliphatic heterocycles. The molecular formula is C10H6BrF5O2. The predicted octanol–water partition coefficient (Wildman–Crippen LogP) is 4.27. The lowest BCUT2D eigenvalue weighted by Crippen LogP contribution is -2.11. The molecule has 1 rings (SSSR count). The van der Waals surface area contributed by atoms with Gasteiger partial charge in [0, 0.05) is 5.56 Å². The maximum Gasteiger partial charge on any atom is 0.417 e. The fourth-order valence-corrected chi connectivity index (χ4v) is 1.74. The summed E-state index contributed by atoms with van der Waals surface area (Å²) in [5.74, 6) is -1.42. The van der Waals surface area contributed by atoms with Crippen molar-refractivity contribution >= 4 is 21.7 Å². The van der Waals surface area contributed by atoms with Crippen LogP contribution in [0.25, 0.3) is 0 Å². The van der Waals surface area contributed by atoms with Gasteiger partial charge in [0.2, 0.25) is 0 Å². The Morgan fingerprint density at radius 3 is 2.28 bits per heavy atom. The summed E-state index contributed by atoms with van der Waals surface area (Å²) in [5.41, 5.74) is -1.60. The smallest absolute Gasteiger partial charge is 0.417 e. The molecule has 0 spiro atoms. The lowest BCUT2D eigenvalue weighted by Gasteiger charge is -2.14. The highest BCUT2D eigenvalue weighted by atomic mass is 79.9. The number of hydrogen-bond acceptors (Lipinski definition) is 2. The van der Waals surface area contributed by atoms with Gasteiger partial charge in [-0.2, -0.15) is 22.0 Å². The first-order valence-electron chi connectivity index (χ1n) is 4.49. The zero-order valence-corrected chi connectivity index (χ0v) is 10.4. The van der Waals surface area contributed by atoms with Crippen LogP contribution in [-0.4, -0.2) is 12.4 Å². The van der Waals surface area contributed by atoms with Crippen LogP contribution < -0.4 is 4.74 Å². The van der Waals surface area contributed by atoms with E-state index in [4.69, 9.17) is 0 Å². The number of carbonyl (C=O) groups excluding carboxylic acids is 1. The second-order valence-corrected chi connectivity index (χ2v) is 4.06. The average Bonchev–Trinajstić information content (AvgIpc) is 2.18. The highest BCUT2D eigenvalue weighted by molar-refractivity contribution is 9.10. The summed E-state index contributed by atoms with van der Waals surface area (Å²) in [6.45, 7) is -2.26. The van der Waals surface area contributed by atoms with Gasteiger partial charge in [-0.05, 0) is 35.0 Å². The van der Waals surface area contributed by atoms with Crippen molar-refractivity contribution in [3.63, 3.8) is 0 Å². The van der Waals surface area contributed by atoms with Gasteiger partial charge in [0.15, 0.2) is 5.78 Å². The predicted molar refractivity (Wildman–Crippen MR) is 55.8 cm³/mol. The molecule has 0 saturated carbocycles. The molecule has 0 amide bonds. The lowest BCUT2D eigenvalue weighted by molar-refractivity contribution is -0.138. The number of ketones is 1. The average molecular weight is 333 g/mol. The summed E-state index contributed by atoms with van der Waals surface area (Å²) >= 11 is 2.54. The monoisotopic (exact) mass is 332 g/mol. The van der Waals surface area contributed by atoms with Crippen LogP contribution in [0.1, 0.15) is 22.8 Å². The molecule has 0 radical (unpaired) electrons. The van der Waals surface area contributed by atoms with Gasteiger partial charge in [0.25, 0.3) is 0 Å². The Hall–Kier alpha value is -1.18. The standard InChI is InChI=1S/C10H6BrF5O2/c1-4(17)5-2-6(10(14,15)16)8(11)7(3-5)18-9(12)13/h2-3,9H,1H3. The van der Waals surface area contributed by atoms with Gasteiger partial charge in [-0.3, -0.25) is 4.79 Å². The van der Waals surface area contributed by atoms with E-state index < -0.39 is 34.4 Å². The van der Waals surface area contributed by atoms with Gasteiger partial charge < -0.3 is 4.74 Å². The lowest BCUT2D eigenvalue weighted by atomic mass is 10.1. The Morgan fingerprint density at radius 1 is 1.33 bits per heavy atom. The zero-order chi connectivity index (χ0) is 14.1. The number of carbonyl (C=O) groups is 1.